The molecule has 184 valence electrons. The van der Waals surface area contributed by atoms with Crippen molar-refractivity contribution >= 4 is 11.9 Å². The molecule has 2 fully saturated rings. The number of amides is 1. The second-order valence-electron chi connectivity index (χ2n) is 9.08. The topological polar surface area (TPSA) is 88.1 Å². The van der Waals surface area contributed by atoms with E-state index in [2.05, 4.69) is 30.1 Å². The van der Waals surface area contributed by atoms with E-state index in [0.717, 1.165) is 50.1 Å². The van der Waals surface area contributed by atoms with Crippen LogP contribution in [0, 0.1) is 5.92 Å². The Hall–Kier alpha value is -2.33. The molecule has 0 radical (unpaired) electrons. The number of fused-ring (bicyclic) bond motifs is 1. The van der Waals surface area contributed by atoms with Gasteiger partial charge in [0, 0.05) is 37.7 Å². The molecule has 1 aromatic rings. The smallest absolute Gasteiger partial charge is 0.487 e. The molecular formula is C23H31F3N2O5. The first-order valence-corrected chi connectivity index (χ1v) is 11.2. The molecule has 33 heavy (non-hydrogen) atoms. The summed E-state index contributed by atoms with van der Waals surface area (Å²) in [6, 6.07) is 8.77. The third-order valence-corrected chi connectivity index (χ3v) is 6.50. The van der Waals surface area contributed by atoms with Crippen LogP contribution >= 0.6 is 0 Å². The molecule has 0 bridgehead atoms. The molecule has 3 aliphatic rings. The average molecular weight is 473 g/mol. The fraction of sp³-hybridized carbons (Fsp3) is 0.652. The molecule has 4 rings (SSSR count). The minimum absolute atomic E-state index is 0.0104. The first-order chi connectivity index (χ1) is 15.5. The number of piperidine rings is 1. The number of carboxylic acids is 1. The highest BCUT2D eigenvalue weighted by molar-refractivity contribution is 5.79. The predicted octanol–water partition coefficient (Wildman–Crippen LogP) is 3.54. The van der Waals surface area contributed by atoms with Gasteiger partial charge in [0.2, 0.25) is 5.91 Å². The van der Waals surface area contributed by atoms with Crippen molar-refractivity contribution in [2.24, 2.45) is 5.92 Å². The van der Waals surface area contributed by atoms with Crippen molar-refractivity contribution in [2.45, 2.75) is 63.4 Å². The van der Waals surface area contributed by atoms with Crippen LogP contribution in [-0.4, -0.2) is 66.0 Å². The molecule has 10 heteroatoms. The van der Waals surface area contributed by atoms with Crippen LogP contribution in [0.2, 0.25) is 0 Å². The second-order valence-corrected chi connectivity index (χ2v) is 9.08. The normalized spacial score (nSPS) is 24.4. The molecule has 2 atom stereocenters. The molecule has 0 aromatic heterocycles. The fourth-order valence-electron chi connectivity index (χ4n) is 4.53. The molecule has 1 amide bonds. The molecular weight excluding hydrogens is 441 g/mol. The van der Waals surface area contributed by atoms with Crippen LogP contribution in [0.25, 0.3) is 0 Å². The molecule has 0 saturated carbocycles. The maximum atomic E-state index is 12.7. The molecule has 1 aromatic carbocycles. The molecule has 2 N–H and O–H groups in total. The lowest BCUT2D eigenvalue weighted by atomic mass is 9.80. The summed E-state index contributed by atoms with van der Waals surface area (Å²) in [5.41, 5.74) is 0.945. The van der Waals surface area contributed by atoms with Gasteiger partial charge in [-0.3, -0.25) is 4.79 Å². The molecule has 2 unspecified atom stereocenters. The van der Waals surface area contributed by atoms with Crippen LogP contribution in [0.5, 0.6) is 5.75 Å². The number of hydrogen-bond donors (Lipinski definition) is 2. The number of carbonyl (C=O) groups is 2. The third-order valence-electron chi connectivity index (χ3n) is 6.50. The van der Waals surface area contributed by atoms with Crippen LogP contribution < -0.4 is 10.1 Å². The Balaban J connectivity index is 0.000000383. The van der Waals surface area contributed by atoms with Crippen LogP contribution in [0.4, 0.5) is 13.2 Å². The first kappa shape index (κ1) is 25.3. The maximum Gasteiger partial charge on any atom is 0.490 e. The molecule has 3 aliphatic heterocycles. The van der Waals surface area contributed by atoms with E-state index in [1.165, 1.54) is 0 Å². The molecule has 1 spiro atoms. The minimum atomic E-state index is -5.08. The quantitative estimate of drug-likeness (QED) is 0.700. The number of likely N-dealkylation sites (tertiary alicyclic amines) is 1. The highest BCUT2D eigenvalue weighted by Crippen LogP contribution is 2.44. The summed E-state index contributed by atoms with van der Waals surface area (Å²) in [4.78, 5) is 24.1. The van der Waals surface area contributed by atoms with Gasteiger partial charge in [-0.15, -0.1) is 0 Å². The molecule has 0 aliphatic carbocycles. The number of halogens is 3. The van der Waals surface area contributed by atoms with Gasteiger partial charge in [0.25, 0.3) is 0 Å². The predicted molar refractivity (Wildman–Crippen MR) is 114 cm³/mol. The van der Waals surface area contributed by atoms with E-state index in [1.54, 1.807) is 0 Å². The first-order valence-electron chi connectivity index (χ1n) is 11.2. The summed E-state index contributed by atoms with van der Waals surface area (Å²) in [6.07, 6.45) is -1.38. The summed E-state index contributed by atoms with van der Waals surface area (Å²) in [7, 11) is 0. The lowest BCUT2D eigenvalue weighted by Gasteiger charge is -2.47. The number of nitrogens with zero attached hydrogens (tertiary/aromatic N) is 1. The van der Waals surface area contributed by atoms with E-state index in [-0.39, 0.29) is 23.5 Å². The number of carboxylic acid groups (broad SMARTS) is 1. The molecule has 7 nitrogen and oxygen atoms in total. The Kier molecular flexibility index (Phi) is 7.89. The van der Waals surface area contributed by atoms with Gasteiger partial charge in [-0.05, 0) is 39.2 Å². The number of hydrogen-bond acceptors (Lipinski definition) is 5. The second kappa shape index (κ2) is 10.3. The van der Waals surface area contributed by atoms with E-state index in [1.807, 2.05) is 18.2 Å². The summed E-state index contributed by atoms with van der Waals surface area (Å²) in [5.74, 6) is -1.71. The van der Waals surface area contributed by atoms with Gasteiger partial charge in [0.1, 0.15) is 11.4 Å². The summed E-state index contributed by atoms with van der Waals surface area (Å²) in [5, 5.41) is 10.4. The standard InChI is InChI=1S/C21H30N2O3.C2HF3O2/c1-15(2)23-10-8-21(9-11-23)13-18(17-5-3-4-6-19(17)26-21)22-20(24)16-7-12-25-14-16;3-2(4,5)1(6)7/h3-6,15-16,18H,7-14H2,1-2H3,(H,22,24);(H,6,7). The SMILES string of the molecule is CC(C)N1CCC2(CC1)CC(NC(=O)C1CCOC1)c1ccccc1O2.O=C(O)C(F)(F)F. The Morgan fingerprint density at radius 1 is 1.21 bits per heavy atom. The fourth-order valence-corrected chi connectivity index (χ4v) is 4.53. The summed E-state index contributed by atoms with van der Waals surface area (Å²) in [6.45, 7) is 7.85. The van der Waals surface area contributed by atoms with Crippen LogP contribution in [-0.2, 0) is 14.3 Å². The highest BCUT2D eigenvalue weighted by Gasteiger charge is 2.44. The maximum absolute atomic E-state index is 12.7. The number of ether oxygens (including phenoxy) is 2. The van der Waals surface area contributed by atoms with Crippen molar-refractivity contribution in [1.29, 1.82) is 0 Å². The van der Waals surface area contributed by atoms with Gasteiger partial charge in [0.15, 0.2) is 0 Å². The zero-order valence-corrected chi connectivity index (χ0v) is 18.9. The monoisotopic (exact) mass is 472 g/mol. The van der Waals surface area contributed by atoms with Gasteiger partial charge in [-0.25, -0.2) is 4.79 Å². The van der Waals surface area contributed by atoms with Crippen LogP contribution in [0.15, 0.2) is 24.3 Å². The lowest BCUT2D eigenvalue weighted by Crippen LogP contribution is -2.53. The third kappa shape index (κ3) is 6.38. The van der Waals surface area contributed by atoms with E-state index < -0.39 is 12.1 Å². The van der Waals surface area contributed by atoms with Gasteiger partial charge in [-0.2, -0.15) is 13.2 Å². The number of nitrogens with one attached hydrogen (secondary N) is 1. The number of alkyl halides is 3. The Labute approximate surface area is 191 Å². The summed E-state index contributed by atoms with van der Waals surface area (Å²) >= 11 is 0. The Bertz CT molecular complexity index is 832. The van der Waals surface area contributed by atoms with E-state index in [9.17, 15) is 18.0 Å². The number of benzene rings is 1. The van der Waals surface area contributed by atoms with Gasteiger partial charge in [-0.1, -0.05) is 18.2 Å². The van der Waals surface area contributed by atoms with E-state index >= 15 is 0 Å². The zero-order valence-electron chi connectivity index (χ0n) is 18.9. The van der Waals surface area contributed by atoms with Gasteiger partial charge >= 0.3 is 12.1 Å². The Morgan fingerprint density at radius 2 is 1.85 bits per heavy atom. The van der Waals surface area contributed by atoms with E-state index in [4.69, 9.17) is 19.4 Å². The van der Waals surface area contributed by atoms with Gasteiger partial charge < -0.3 is 24.8 Å². The van der Waals surface area contributed by atoms with Crippen molar-refractivity contribution in [1.82, 2.24) is 10.2 Å². The van der Waals surface area contributed by atoms with Crippen molar-refractivity contribution < 1.29 is 37.3 Å². The van der Waals surface area contributed by atoms with Gasteiger partial charge in [0.05, 0.1) is 18.6 Å². The lowest BCUT2D eigenvalue weighted by molar-refractivity contribution is -0.192. The zero-order chi connectivity index (χ0) is 24.2. The Morgan fingerprint density at radius 3 is 2.39 bits per heavy atom. The van der Waals surface area contributed by atoms with Crippen LogP contribution in [0.3, 0.4) is 0 Å². The van der Waals surface area contributed by atoms with Crippen molar-refractivity contribution in [3.05, 3.63) is 29.8 Å². The summed E-state index contributed by atoms with van der Waals surface area (Å²) < 4.78 is 43.6. The van der Waals surface area contributed by atoms with Crippen molar-refractivity contribution in [3.63, 3.8) is 0 Å². The number of para-hydroxylation sites is 1. The largest absolute Gasteiger partial charge is 0.490 e. The number of aliphatic carboxylic acids is 1. The minimum Gasteiger partial charge on any atom is -0.487 e. The van der Waals surface area contributed by atoms with Crippen molar-refractivity contribution in [3.8, 4) is 5.75 Å². The van der Waals surface area contributed by atoms with E-state index in [0.29, 0.717) is 19.3 Å². The highest BCUT2D eigenvalue weighted by atomic mass is 19.4. The average Bonchev–Trinajstić information content (AvgIpc) is 3.29. The molecule has 3 heterocycles. The van der Waals surface area contributed by atoms with Crippen LogP contribution in [0.1, 0.15) is 51.1 Å². The molecule has 2 saturated heterocycles. The number of rotatable bonds is 3. The number of carbonyl (C=O) groups excluding carboxylic acids is 1. The van der Waals surface area contributed by atoms with Crippen molar-refractivity contribution in [2.75, 3.05) is 26.3 Å².